The number of hydrogen-bond donors (Lipinski definition) is 0. The maximum Gasteiger partial charge on any atom is 0.291 e. The summed E-state index contributed by atoms with van der Waals surface area (Å²) in [4.78, 5) is 29.3. The van der Waals surface area contributed by atoms with Crippen LogP contribution in [0.25, 0.3) is 21.1 Å². The normalized spacial score (nSPS) is 20.2. The summed E-state index contributed by atoms with van der Waals surface area (Å²) in [5, 5.41) is 5.20. The van der Waals surface area contributed by atoms with Crippen LogP contribution in [0.3, 0.4) is 0 Å². The van der Waals surface area contributed by atoms with Crippen molar-refractivity contribution >= 4 is 38.4 Å². The average molecular weight is 399 g/mol. The van der Waals surface area contributed by atoms with Gasteiger partial charge in [-0.15, -0.1) is 17.9 Å². The summed E-state index contributed by atoms with van der Waals surface area (Å²) in [5.41, 5.74) is 1.41. The Kier molecular flexibility index (Phi) is 4.87. The molecule has 0 aromatic carbocycles. The Morgan fingerprint density at radius 1 is 1.36 bits per heavy atom. The van der Waals surface area contributed by atoms with Crippen LogP contribution in [0.2, 0.25) is 0 Å². The smallest absolute Gasteiger partial charge is 0.291 e. The molecule has 1 saturated heterocycles. The summed E-state index contributed by atoms with van der Waals surface area (Å²) < 4.78 is 4.36. The molecule has 0 radical (unpaired) electrons. The van der Waals surface area contributed by atoms with Crippen molar-refractivity contribution in [2.24, 2.45) is 0 Å². The maximum atomic E-state index is 13.2. The lowest BCUT2D eigenvalue weighted by molar-refractivity contribution is -0.138. The Bertz CT molecular complexity index is 1110. The van der Waals surface area contributed by atoms with Crippen molar-refractivity contribution in [3.8, 4) is 0 Å². The van der Waals surface area contributed by atoms with E-state index >= 15 is 0 Å². The van der Waals surface area contributed by atoms with Crippen LogP contribution in [0, 0.1) is 6.92 Å². The predicted octanol–water partition coefficient (Wildman–Crippen LogP) is 3.70. The van der Waals surface area contributed by atoms with E-state index in [2.05, 4.69) is 38.5 Å². The predicted molar refractivity (Wildman–Crippen MR) is 114 cm³/mol. The Hall–Kier alpha value is -2.41. The van der Waals surface area contributed by atoms with Crippen LogP contribution in [-0.4, -0.2) is 37.2 Å². The van der Waals surface area contributed by atoms with Crippen molar-refractivity contribution in [1.29, 1.82) is 0 Å². The third-order valence-electron chi connectivity index (χ3n) is 5.74. The molecule has 6 nitrogen and oxygen atoms in total. The number of amides is 1. The van der Waals surface area contributed by atoms with Crippen LogP contribution in [0.4, 0.5) is 0 Å². The van der Waals surface area contributed by atoms with E-state index in [4.69, 9.17) is 0 Å². The first kappa shape index (κ1) is 18.9. The van der Waals surface area contributed by atoms with E-state index in [-0.39, 0.29) is 30.1 Å². The van der Waals surface area contributed by atoms with Gasteiger partial charge in [0.05, 0.1) is 16.4 Å². The van der Waals surface area contributed by atoms with Gasteiger partial charge in [-0.1, -0.05) is 6.08 Å². The lowest BCUT2D eigenvalue weighted by atomic mass is 9.97. The minimum absolute atomic E-state index is 0.0185. The van der Waals surface area contributed by atoms with Gasteiger partial charge in [0, 0.05) is 28.9 Å². The quantitative estimate of drug-likeness (QED) is 0.630. The molecule has 3 aromatic heterocycles. The SMILES string of the molecule is C=CCn1c2cc(C)sc2c2cnn(CC(=O)N3[C@H](C)CCC[C@H]3C)c(=O)c21. The van der Waals surface area contributed by atoms with Gasteiger partial charge in [-0.25, -0.2) is 4.68 Å². The Morgan fingerprint density at radius 3 is 2.75 bits per heavy atom. The Morgan fingerprint density at radius 2 is 2.07 bits per heavy atom. The first-order valence-corrected chi connectivity index (χ1v) is 10.6. The van der Waals surface area contributed by atoms with Gasteiger partial charge in [0.15, 0.2) is 0 Å². The van der Waals surface area contributed by atoms with E-state index in [1.807, 2.05) is 9.47 Å². The molecular weight excluding hydrogens is 372 g/mol. The number of carbonyl (C=O) groups excluding carboxylic acids is 1. The summed E-state index contributed by atoms with van der Waals surface area (Å²) >= 11 is 1.66. The highest BCUT2D eigenvalue weighted by atomic mass is 32.1. The summed E-state index contributed by atoms with van der Waals surface area (Å²) in [7, 11) is 0. The largest absolute Gasteiger partial charge is 0.336 e. The molecule has 0 unspecified atom stereocenters. The molecule has 1 fully saturated rings. The van der Waals surface area contributed by atoms with Crippen molar-refractivity contribution in [3.63, 3.8) is 0 Å². The monoisotopic (exact) mass is 398 g/mol. The number of carbonyl (C=O) groups is 1. The second-order valence-electron chi connectivity index (χ2n) is 7.77. The molecule has 2 atom stereocenters. The molecular formula is C21H26N4O2S. The van der Waals surface area contributed by atoms with Crippen LogP contribution >= 0.6 is 11.3 Å². The zero-order valence-corrected chi connectivity index (χ0v) is 17.5. The van der Waals surface area contributed by atoms with E-state index in [1.54, 1.807) is 23.6 Å². The molecule has 148 valence electrons. The van der Waals surface area contributed by atoms with Gasteiger partial charge < -0.3 is 9.47 Å². The van der Waals surface area contributed by atoms with Gasteiger partial charge >= 0.3 is 0 Å². The highest BCUT2D eigenvalue weighted by Crippen LogP contribution is 2.33. The van der Waals surface area contributed by atoms with Gasteiger partial charge in [0.2, 0.25) is 5.91 Å². The van der Waals surface area contributed by atoms with Crippen LogP contribution in [-0.2, 0) is 17.9 Å². The molecule has 0 bridgehead atoms. The van der Waals surface area contributed by atoms with Crippen LogP contribution < -0.4 is 5.56 Å². The number of hydrogen-bond acceptors (Lipinski definition) is 4. The van der Waals surface area contributed by atoms with E-state index in [0.717, 1.165) is 34.9 Å². The van der Waals surface area contributed by atoms with Gasteiger partial charge in [0.1, 0.15) is 12.1 Å². The van der Waals surface area contributed by atoms with Gasteiger partial charge in [-0.2, -0.15) is 5.10 Å². The summed E-state index contributed by atoms with van der Waals surface area (Å²) in [5.74, 6) is -0.0341. The van der Waals surface area contributed by atoms with Crippen LogP contribution in [0.1, 0.15) is 38.0 Å². The highest BCUT2D eigenvalue weighted by molar-refractivity contribution is 7.20. The molecule has 3 aromatic rings. The fraction of sp³-hybridized carbons (Fsp3) is 0.476. The molecule has 4 heterocycles. The van der Waals surface area contributed by atoms with Gasteiger partial charge in [0.25, 0.3) is 5.56 Å². The summed E-state index contributed by atoms with van der Waals surface area (Å²) in [6.07, 6.45) is 6.68. The third-order valence-corrected chi connectivity index (χ3v) is 6.81. The first-order valence-electron chi connectivity index (χ1n) is 9.83. The topological polar surface area (TPSA) is 60.1 Å². The number of thiophene rings is 1. The van der Waals surface area contributed by atoms with Gasteiger partial charge in [-0.3, -0.25) is 9.59 Å². The molecule has 1 aliphatic heterocycles. The molecule has 28 heavy (non-hydrogen) atoms. The number of allylic oxidation sites excluding steroid dienone is 1. The summed E-state index contributed by atoms with van der Waals surface area (Å²) in [6, 6.07) is 2.50. The molecule has 0 N–H and O–H groups in total. The number of piperidine rings is 1. The molecule has 0 spiro atoms. The second kappa shape index (κ2) is 7.20. The standard InChI is InChI=1S/C21H26N4O2S/c1-5-9-23-17-10-15(4)28-20(17)16-11-22-24(21(27)19(16)23)12-18(26)25-13(2)7-6-8-14(25)3/h5,10-11,13-14H,1,6-9,12H2,2-4H3/t13-,14-/m1/s1. The molecule has 1 amide bonds. The fourth-order valence-electron chi connectivity index (χ4n) is 4.47. The van der Waals surface area contributed by atoms with E-state index in [9.17, 15) is 9.59 Å². The average Bonchev–Trinajstić information content (AvgIpc) is 3.14. The van der Waals surface area contributed by atoms with E-state index in [0.29, 0.717) is 12.1 Å². The lowest BCUT2D eigenvalue weighted by Gasteiger charge is -2.39. The number of likely N-dealkylation sites (tertiary alicyclic amines) is 1. The Labute approximate surface area is 168 Å². The van der Waals surface area contributed by atoms with Gasteiger partial charge in [-0.05, 0) is 46.1 Å². The van der Waals surface area contributed by atoms with Crippen molar-refractivity contribution in [2.45, 2.75) is 65.2 Å². The van der Waals surface area contributed by atoms with Crippen molar-refractivity contribution in [1.82, 2.24) is 19.2 Å². The molecule has 0 saturated carbocycles. The second-order valence-corrected chi connectivity index (χ2v) is 9.03. The maximum absolute atomic E-state index is 13.2. The fourth-order valence-corrected chi connectivity index (χ4v) is 5.50. The van der Waals surface area contributed by atoms with Crippen molar-refractivity contribution in [3.05, 3.63) is 40.1 Å². The number of nitrogens with zero attached hydrogens (tertiary/aromatic N) is 4. The highest BCUT2D eigenvalue weighted by Gasteiger charge is 2.29. The third kappa shape index (κ3) is 2.98. The minimum atomic E-state index is -0.217. The first-order chi connectivity index (χ1) is 13.4. The molecule has 1 aliphatic rings. The molecule has 7 heteroatoms. The minimum Gasteiger partial charge on any atom is -0.336 e. The lowest BCUT2D eigenvalue weighted by Crippen LogP contribution is -2.49. The number of rotatable bonds is 4. The number of fused-ring (bicyclic) bond motifs is 3. The number of aryl methyl sites for hydroxylation is 1. The van der Waals surface area contributed by atoms with Crippen molar-refractivity contribution in [2.75, 3.05) is 0 Å². The Balaban J connectivity index is 1.77. The number of aromatic nitrogens is 3. The molecule has 0 aliphatic carbocycles. The van der Waals surface area contributed by atoms with Crippen LogP contribution in [0.15, 0.2) is 29.7 Å². The van der Waals surface area contributed by atoms with E-state index in [1.165, 1.54) is 9.56 Å². The summed E-state index contributed by atoms with van der Waals surface area (Å²) in [6.45, 7) is 10.6. The van der Waals surface area contributed by atoms with Crippen LogP contribution in [0.5, 0.6) is 0 Å². The van der Waals surface area contributed by atoms with E-state index < -0.39 is 0 Å². The van der Waals surface area contributed by atoms with Crippen molar-refractivity contribution < 1.29 is 4.79 Å². The molecule has 4 rings (SSSR count). The zero-order chi connectivity index (χ0) is 20.0. The zero-order valence-electron chi connectivity index (χ0n) is 16.6.